The van der Waals surface area contributed by atoms with E-state index < -0.39 is 17.7 Å². The van der Waals surface area contributed by atoms with Crippen LogP contribution >= 0.6 is 0 Å². The molecule has 0 aromatic heterocycles. The normalized spacial score (nSPS) is 22.3. The largest absolute Gasteiger partial charge is 0.467 e. The predicted octanol–water partition coefficient (Wildman–Crippen LogP) is 0.627. The monoisotopic (exact) mass is 265 g/mol. The first-order chi connectivity index (χ1) is 8.96. The Labute approximate surface area is 110 Å². The first-order valence-electron chi connectivity index (χ1n) is 5.82. The molecule has 1 aromatic carbocycles. The summed E-state index contributed by atoms with van der Waals surface area (Å²) >= 11 is 0. The van der Waals surface area contributed by atoms with Crippen molar-refractivity contribution < 1.29 is 24.5 Å². The average Bonchev–Trinajstić information content (AvgIpc) is 2.54. The number of nitrogens with zero attached hydrogens (tertiary/aromatic N) is 1. The molecule has 2 N–H and O–H groups in total. The van der Waals surface area contributed by atoms with E-state index in [4.69, 9.17) is 5.11 Å². The van der Waals surface area contributed by atoms with Crippen molar-refractivity contribution in [2.45, 2.75) is 18.6 Å². The third-order valence-corrected chi connectivity index (χ3v) is 3.25. The maximum Gasteiger partial charge on any atom is 0.407 e. The van der Waals surface area contributed by atoms with Crippen LogP contribution in [0.2, 0.25) is 0 Å². The number of rotatable bonds is 1. The molecule has 0 aliphatic carbocycles. The van der Waals surface area contributed by atoms with Gasteiger partial charge >= 0.3 is 12.1 Å². The summed E-state index contributed by atoms with van der Waals surface area (Å²) in [5.74, 6) is -0.824. The fourth-order valence-corrected chi connectivity index (χ4v) is 2.29. The van der Waals surface area contributed by atoms with Gasteiger partial charge in [-0.1, -0.05) is 24.3 Å². The van der Waals surface area contributed by atoms with Gasteiger partial charge in [-0.25, -0.2) is 9.59 Å². The highest BCUT2D eigenvalue weighted by Gasteiger charge is 2.42. The zero-order valence-corrected chi connectivity index (χ0v) is 10.5. The highest BCUT2D eigenvalue weighted by atomic mass is 16.5. The number of esters is 1. The number of amides is 1. The highest BCUT2D eigenvalue weighted by Crippen LogP contribution is 2.25. The number of carbonyl (C=O) groups excluding carboxylic acids is 1. The van der Waals surface area contributed by atoms with Crippen LogP contribution in [0.5, 0.6) is 0 Å². The second kappa shape index (κ2) is 4.89. The van der Waals surface area contributed by atoms with Crippen molar-refractivity contribution in [2.24, 2.45) is 0 Å². The molecule has 1 atom stereocenters. The lowest BCUT2D eigenvalue weighted by atomic mass is 9.93. The van der Waals surface area contributed by atoms with Crippen molar-refractivity contribution in [1.29, 1.82) is 0 Å². The molecule has 1 unspecified atom stereocenters. The number of ether oxygens (including phenoxy) is 1. The number of hydrogen-bond donors (Lipinski definition) is 2. The smallest absolute Gasteiger partial charge is 0.407 e. The Bertz CT molecular complexity index is 516. The van der Waals surface area contributed by atoms with Gasteiger partial charge in [-0.15, -0.1) is 0 Å². The lowest BCUT2D eigenvalue weighted by molar-refractivity contribution is -0.163. The van der Waals surface area contributed by atoms with Crippen molar-refractivity contribution in [3.8, 4) is 0 Å². The molecule has 6 nitrogen and oxygen atoms in total. The molecule has 6 heteroatoms. The second-order valence-corrected chi connectivity index (χ2v) is 4.61. The lowest BCUT2D eigenvalue weighted by Gasteiger charge is -2.27. The topological polar surface area (TPSA) is 87.1 Å². The Morgan fingerprint density at radius 3 is 2.53 bits per heavy atom. The summed E-state index contributed by atoms with van der Waals surface area (Å²) in [6, 6.07) is 7.14. The number of fused-ring (bicyclic) bond motifs is 1. The molecule has 0 bridgehead atoms. The van der Waals surface area contributed by atoms with Gasteiger partial charge in [-0.2, -0.15) is 0 Å². The van der Waals surface area contributed by atoms with Crippen molar-refractivity contribution in [1.82, 2.24) is 4.90 Å². The van der Waals surface area contributed by atoms with Gasteiger partial charge in [-0.3, -0.25) is 0 Å². The first-order valence-corrected chi connectivity index (χ1v) is 5.82. The Kier molecular flexibility index (Phi) is 3.44. The van der Waals surface area contributed by atoms with E-state index in [1.54, 1.807) is 24.3 Å². The zero-order chi connectivity index (χ0) is 14.0. The van der Waals surface area contributed by atoms with E-state index in [0.29, 0.717) is 0 Å². The van der Waals surface area contributed by atoms with Gasteiger partial charge in [0.2, 0.25) is 0 Å². The molecular formula is C13H15NO5. The third-order valence-electron chi connectivity index (χ3n) is 3.25. The second-order valence-electron chi connectivity index (χ2n) is 4.61. The van der Waals surface area contributed by atoms with Crippen LogP contribution in [0.4, 0.5) is 4.79 Å². The van der Waals surface area contributed by atoms with Gasteiger partial charge in [0.1, 0.15) is 0 Å². The van der Waals surface area contributed by atoms with Crippen LogP contribution < -0.4 is 0 Å². The summed E-state index contributed by atoms with van der Waals surface area (Å²) in [5, 5.41) is 19.5. The van der Waals surface area contributed by atoms with Gasteiger partial charge < -0.3 is 19.8 Å². The van der Waals surface area contributed by atoms with Crippen molar-refractivity contribution >= 4 is 12.1 Å². The van der Waals surface area contributed by atoms with Crippen LogP contribution in [0.15, 0.2) is 24.3 Å². The van der Waals surface area contributed by atoms with Crippen LogP contribution in [0.1, 0.15) is 11.1 Å². The molecule has 1 aliphatic rings. The summed E-state index contributed by atoms with van der Waals surface area (Å²) in [7, 11) is 1.17. The fourth-order valence-electron chi connectivity index (χ4n) is 2.29. The Hall–Kier alpha value is -2.08. The minimum absolute atomic E-state index is 0.0413. The van der Waals surface area contributed by atoms with E-state index in [1.807, 2.05) is 0 Å². The third kappa shape index (κ3) is 2.53. The molecule has 0 saturated heterocycles. The van der Waals surface area contributed by atoms with Crippen molar-refractivity contribution in [3.05, 3.63) is 35.4 Å². The number of carbonyl (C=O) groups is 2. The number of methoxy groups -OCH3 is 1. The summed E-state index contributed by atoms with van der Waals surface area (Å²) in [5.41, 5.74) is -0.316. The van der Waals surface area contributed by atoms with Crippen LogP contribution in [0.3, 0.4) is 0 Å². The molecule has 1 aliphatic heterocycles. The van der Waals surface area contributed by atoms with Gasteiger partial charge in [0.15, 0.2) is 5.60 Å². The molecule has 1 amide bonds. The maximum atomic E-state index is 11.7. The van der Waals surface area contributed by atoms with E-state index in [2.05, 4.69) is 4.74 Å². The molecule has 0 radical (unpaired) electrons. The predicted molar refractivity (Wildman–Crippen MR) is 65.5 cm³/mol. The molecule has 0 spiro atoms. The number of carboxylic acid groups (broad SMARTS) is 1. The van der Waals surface area contributed by atoms with Crippen LogP contribution in [-0.4, -0.2) is 46.4 Å². The highest BCUT2D eigenvalue weighted by molar-refractivity contribution is 5.81. The molecule has 0 saturated carbocycles. The molecule has 1 heterocycles. The average molecular weight is 265 g/mol. The quantitative estimate of drug-likeness (QED) is 0.727. The number of hydrogen-bond acceptors (Lipinski definition) is 4. The molecule has 19 heavy (non-hydrogen) atoms. The van der Waals surface area contributed by atoms with E-state index in [9.17, 15) is 14.7 Å². The lowest BCUT2D eigenvalue weighted by Crippen LogP contribution is -2.50. The maximum absolute atomic E-state index is 11.7. The zero-order valence-electron chi connectivity index (χ0n) is 10.5. The first kappa shape index (κ1) is 13.4. The van der Waals surface area contributed by atoms with Crippen molar-refractivity contribution in [3.63, 3.8) is 0 Å². The molecular weight excluding hydrogens is 250 g/mol. The van der Waals surface area contributed by atoms with E-state index in [0.717, 1.165) is 16.0 Å². The molecule has 0 fully saturated rings. The van der Waals surface area contributed by atoms with Gasteiger partial charge in [0.05, 0.1) is 13.7 Å². The van der Waals surface area contributed by atoms with Crippen molar-refractivity contribution in [2.75, 3.05) is 13.7 Å². The van der Waals surface area contributed by atoms with E-state index in [-0.39, 0.29) is 19.5 Å². The summed E-state index contributed by atoms with van der Waals surface area (Å²) in [6.45, 7) is -0.158. The van der Waals surface area contributed by atoms with E-state index >= 15 is 0 Å². The number of benzene rings is 1. The Morgan fingerprint density at radius 2 is 1.95 bits per heavy atom. The van der Waals surface area contributed by atoms with Crippen LogP contribution in [0, 0.1) is 0 Å². The van der Waals surface area contributed by atoms with Gasteiger partial charge in [-0.05, 0) is 11.1 Å². The minimum Gasteiger partial charge on any atom is -0.467 e. The Balaban J connectivity index is 2.44. The summed E-state index contributed by atoms with van der Waals surface area (Å²) in [4.78, 5) is 23.9. The minimum atomic E-state index is -1.85. The summed E-state index contributed by atoms with van der Waals surface area (Å²) < 4.78 is 4.58. The van der Waals surface area contributed by atoms with Gasteiger partial charge in [0, 0.05) is 13.0 Å². The Morgan fingerprint density at radius 1 is 1.32 bits per heavy atom. The molecule has 2 rings (SSSR count). The van der Waals surface area contributed by atoms with Crippen LogP contribution in [-0.2, 0) is 22.5 Å². The fraction of sp³-hybridized carbons (Fsp3) is 0.385. The van der Waals surface area contributed by atoms with Crippen LogP contribution in [0.25, 0.3) is 0 Å². The summed E-state index contributed by atoms with van der Waals surface area (Å²) in [6.07, 6.45) is -1.14. The van der Waals surface area contributed by atoms with E-state index in [1.165, 1.54) is 7.11 Å². The standard InChI is InChI=1S/C13H15NO5/c1-19-11(15)13(18)6-9-4-2-3-5-10(9)7-14(8-13)12(16)17/h2-5,18H,6-8H2,1H3,(H,16,17). The van der Waals surface area contributed by atoms with Gasteiger partial charge in [0.25, 0.3) is 0 Å². The SMILES string of the molecule is COC(=O)C1(O)Cc2ccccc2CN(C(=O)O)C1. The molecule has 1 aromatic rings. The number of aliphatic hydroxyl groups is 1. The number of β-amino-alcohol motifs (C(OH)–C–C–N with tert-alkyl or cyclic N) is 1. The molecule has 102 valence electrons.